The van der Waals surface area contributed by atoms with Crippen LogP contribution in [0.4, 0.5) is 0 Å². The van der Waals surface area contributed by atoms with Crippen molar-refractivity contribution in [3.63, 3.8) is 0 Å². The van der Waals surface area contributed by atoms with Crippen LogP contribution >= 0.6 is 0 Å². The Kier molecular flexibility index (Phi) is 2.19. The number of nitrogens with zero attached hydrogens (tertiary/aromatic N) is 3. The monoisotopic (exact) mass is 223 g/mol. The SMILES string of the molecule is [O-][n+]1c(-c2cccnc2)cnc2ccccc21. The molecule has 82 valence electrons. The first-order valence-corrected chi connectivity index (χ1v) is 5.24. The van der Waals surface area contributed by atoms with Gasteiger partial charge in [0.15, 0.2) is 0 Å². The molecule has 2 aromatic heterocycles. The number of para-hydroxylation sites is 2. The summed E-state index contributed by atoms with van der Waals surface area (Å²) < 4.78 is 0.888. The minimum Gasteiger partial charge on any atom is -0.618 e. The average molecular weight is 223 g/mol. The summed E-state index contributed by atoms with van der Waals surface area (Å²) >= 11 is 0. The van der Waals surface area contributed by atoms with Crippen LogP contribution in [0, 0.1) is 5.21 Å². The molecule has 0 aliphatic carbocycles. The van der Waals surface area contributed by atoms with Gasteiger partial charge in [-0.25, -0.2) is 4.98 Å². The average Bonchev–Trinajstić information content (AvgIpc) is 2.40. The van der Waals surface area contributed by atoms with E-state index in [1.807, 2.05) is 24.3 Å². The summed E-state index contributed by atoms with van der Waals surface area (Å²) in [7, 11) is 0. The number of hydrogen-bond donors (Lipinski definition) is 0. The van der Waals surface area contributed by atoms with E-state index in [4.69, 9.17) is 0 Å². The maximum Gasteiger partial charge on any atom is 0.244 e. The second kappa shape index (κ2) is 3.83. The van der Waals surface area contributed by atoms with Crippen LogP contribution in [-0.4, -0.2) is 9.97 Å². The van der Waals surface area contributed by atoms with E-state index in [2.05, 4.69) is 9.97 Å². The van der Waals surface area contributed by atoms with E-state index in [9.17, 15) is 5.21 Å². The van der Waals surface area contributed by atoms with Crippen molar-refractivity contribution >= 4 is 11.0 Å². The van der Waals surface area contributed by atoms with Gasteiger partial charge < -0.3 is 5.21 Å². The van der Waals surface area contributed by atoms with Crippen molar-refractivity contribution in [2.24, 2.45) is 0 Å². The van der Waals surface area contributed by atoms with Gasteiger partial charge in [0.05, 0.1) is 5.56 Å². The van der Waals surface area contributed by atoms with Crippen molar-refractivity contribution < 1.29 is 4.73 Å². The predicted molar refractivity (Wildman–Crippen MR) is 63.9 cm³/mol. The Labute approximate surface area is 97.8 Å². The Hall–Kier alpha value is -2.49. The number of hydrogen-bond acceptors (Lipinski definition) is 3. The van der Waals surface area contributed by atoms with Crippen LogP contribution in [0.2, 0.25) is 0 Å². The molecular formula is C13H9N3O. The zero-order valence-electron chi connectivity index (χ0n) is 8.95. The molecule has 0 aliphatic rings. The molecule has 0 bridgehead atoms. The highest BCUT2D eigenvalue weighted by Gasteiger charge is 2.12. The number of aromatic nitrogens is 3. The normalized spacial score (nSPS) is 10.6. The zero-order valence-corrected chi connectivity index (χ0v) is 8.95. The molecule has 0 saturated heterocycles. The van der Waals surface area contributed by atoms with Gasteiger partial charge in [0.2, 0.25) is 11.2 Å². The van der Waals surface area contributed by atoms with Gasteiger partial charge in [0.25, 0.3) is 0 Å². The summed E-state index contributed by atoms with van der Waals surface area (Å²) in [5, 5.41) is 12.2. The van der Waals surface area contributed by atoms with Gasteiger partial charge in [-0.05, 0) is 18.2 Å². The fraction of sp³-hybridized carbons (Fsp3) is 0. The molecule has 0 aliphatic heterocycles. The molecule has 2 heterocycles. The van der Waals surface area contributed by atoms with E-state index in [0.29, 0.717) is 16.7 Å². The van der Waals surface area contributed by atoms with E-state index < -0.39 is 0 Å². The highest BCUT2D eigenvalue weighted by atomic mass is 16.5. The van der Waals surface area contributed by atoms with E-state index in [1.54, 1.807) is 30.7 Å². The number of pyridine rings is 1. The minimum atomic E-state index is 0.511. The minimum absolute atomic E-state index is 0.511. The quantitative estimate of drug-likeness (QED) is 0.468. The lowest BCUT2D eigenvalue weighted by atomic mass is 10.2. The first kappa shape index (κ1) is 9.72. The summed E-state index contributed by atoms with van der Waals surface area (Å²) in [6.07, 6.45) is 4.90. The molecule has 0 amide bonds. The third-order valence-electron chi connectivity index (χ3n) is 2.60. The van der Waals surface area contributed by atoms with E-state index >= 15 is 0 Å². The molecule has 3 rings (SSSR count). The van der Waals surface area contributed by atoms with Crippen LogP contribution in [-0.2, 0) is 0 Å². The summed E-state index contributed by atoms with van der Waals surface area (Å²) in [6, 6.07) is 10.9. The van der Waals surface area contributed by atoms with E-state index in [-0.39, 0.29) is 0 Å². The number of rotatable bonds is 1. The lowest BCUT2D eigenvalue weighted by Gasteiger charge is -2.06. The first-order valence-electron chi connectivity index (χ1n) is 5.24. The molecule has 0 spiro atoms. The van der Waals surface area contributed by atoms with Crippen molar-refractivity contribution in [1.82, 2.24) is 9.97 Å². The van der Waals surface area contributed by atoms with Gasteiger partial charge in [0, 0.05) is 18.5 Å². The van der Waals surface area contributed by atoms with E-state index in [1.165, 1.54) is 0 Å². The molecule has 17 heavy (non-hydrogen) atoms. The molecule has 4 heteroatoms. The maximum absolute atomic E-state index is 12.2. The summed E-state index contributed by atoms with van der Waals surface area (Å²) in [4.78, 5) is 8.27. The van der Waals surface area contributed by atoms with Crippen LogP contribution in [0.15, 0.2) is 55.0 Å². The van der Waals surface area contributed by atoms with Gasteiger partial charge in [0.1, 0.15) is 11.7 Å². The van der Waals surface area contributed by atoms with Crippen molar-refractivity contribution in [3.8, 4) is 11.3 Å². The zero-order chi connectivity index (χ0) is 11.7. The molecule has 4 nitrogen and oxygen atoms in total. The van der Waals surface area contributed by atoms with Gasteiger partial charge in [-0.2, -0.15) is 4.73 Å². The highest BCUT2D eigenvalue weighted by Crippen LogP contribution is 2.15. The van der Waals surface area contributed by atoms with Gasteiger partial charge >= 0.3 is 0 Å². The van der Waals surface area contributed by atoms with Crippen molar-refractivity contribution in [2.75, 3.05) is 0 Å². The Morgan fingerprint density at radius 1 is 1.00 bits per heavy atom. The largest absolute Gasteiger partial charge is 0.618 e. The van der Waals surface area contributed by atoms with Crippen LogP contribution in [0.3, 0.4) is 0 Å². The molecular weight excluding hydrogens is 214 g/mol. The van der Waals surface area contributed by atoms with Gasteiger partial charge in [-0.1, -0.05) is 12.1 Å². The van der Waals surface area contributed by atoms with Gasteiger partial charge in [-0.3, -0.25) is 4.98 Å². The lowest BCUT2D eigenvalue weighted by molar-refractivity contribution is -0.565. The highest BCUT2D eigenvalue weighted by molar-refractivity contribution is 5.72. The number of fused-ring (bicyclic) bond motifs is 1. The summed E-state index contributed by atoms with van der Waals surface area (Å²) in [5.41, 5.74) is 2.53. The summed E-state index contributed by atoms with van der Waals surface area (Å²) in [5.74, 6) is 0. The van der Waals surface area contributed by atoms with Gasteiger partial charge in [-0.15, -0.1) is 0 Å². The van der Waals surface area contributed by atoms with Crippen LogP contribution in [0.5, 0.6) is 0 Å². The van der Waals surface area contributed by atoms with Crippen molar-refractivity contribution in [3.05, 3.63) is 60.2 Å². The molecule has 1 aromatic carbocycles. The van der Waals surface area contributed by atoms with Crippen LogP contribution in [0.25, 0.3) is 22.3 Å². The third-order valence-corrected chi connectivity index (χ3v) is 2.60. The summed E-state index contributed by atoms with van der Waals surface area (Å²) in [6.45, 7) is 0. The molecule has 0 unspecified atom stereocenters. The Morgan fingerprint density at radius 2 is 1.88 bits per heavy atom. The lowest BCUT2D eigenvalue weighted by Crippen LogP contribution is -2.30. The smallest absolute Gasteiger partial charge is 0.244 e. The van der Waals surface area contributed by atoms with Crippen LogP contribution < -0.4 is 4.73 Å². The topological polar surface area (TPSA) is 52.7 Å². The van der Waals surface area contributed by atoms with Crippen molar-refractivity contribution in [1.29, 1.82) is 0 Å². The predicted octanol–water partition coefficient (Wildman–Crippen LogP) is 1.93. The molecule has 0 fully saturated rings. The van der Waals surface area contributed by atoms with E-state index in [0.717, 1.165) is 10.3 Å². The first-order chi connectivity index (χ1) is 8.36. The molecule has 3 aromatic rings. The third kappa shape index (κ3) is 1.59. The Balaban J connectivity index is 2.29. The molecule has 0 saturated carbocycles. The fourth-order valence-electron chi connectivity index (χ4n) is 1.76. The Bertz CT molecular complexity index is 668. The fourth-order valence-corrected chi connectivity index (χ4v) is 1.76. The number of benzene rings is 1. The molecule has 0 radical (unpaired) electrons. The molecule has 0 N–H and O–H groups in total. The molecule has 0 atom stereocenters. The maximum atomic E-state index is 12.2. The van der Waals surface area contributed by atoms with Crippen molar-refractivity contribution in [2.45, 2.75) is 0 Å². The Morgan fingerprint density at radius 3 is 2.71 bits per heavy atom. The standard InChI is InChI=1S/C13H9N3O/c17-16-12-6-2-1-5-11(12)15-9-13(16)10-4-3-7-14-8-10/h1-9H. The van der Waals surface area contributed by atoms with Crippen LogP contribution in [0.1, 0.15) is 0 Å². The second-order valence-corrected chi connectivity index (χ2v) is 3.67. The second-order valence-electron chi connectivity index (χ2n) is 3.67.